The molecule has 0 saturated carbocycles. The summed E-state index contributed by atoms with van der Waals surface area (Å²) in [4.78, 5) is 18.9. The number of aromatic nitrogens is 1. The van der Waals surface area contributed by atoms with Gasteiger partial charge in [0.1, 0.15) is 4.34 Å². The molecule has 1 aromatic heterocycles. The molecular weight excluding hydrogens is 533 g/mol. The molecule has 1 aliphatic rings. The number of urea groups is 1. The zero-order valence-electron chi connectivity index (χ0n) is 19.5. The van der Waals surface area contributed by atoms with Crippen LogP contribution in [0.4, 0.5) is 23.7 Å². The van der Waals surface area contributed by atoms with E-state index in [-0.39, 0.29) is 36.1 Å². The second-order valence-electron chi connectivity index (χ2n) is 8.76. The third kappa shape index (κ3) is 5.63. The SMILES string of the molecule is CC(C)N(C(=O)NC1CCN(S(=O)(=O)c2ccc(C(F)(F)F)cc2)CC1)c1ccc2nc(S)sc2c1. The van der Waals surface area contributed by atoms with Gasteiger partial charge >= 0.3 is 12.2 Å². The molecular formula is C23H25F3N4O3S3. The maximum absolute atomic E-state index is 13.2. The standard InChI is InChI=1S/C23H25F3N4O3S3/c1-14(2)30(17-5-8-19-20(13-17)35-22(34)28-19)21(31)27-16-9-11-29(12-10-16)36(32,33)18-6-3-15(4-7-18)23(24,25)26/h3-8,13-14,16H,9-12H2,1-2H3,(H,27,31)(H,28,34). The van der Waals surface area contributed by atoms with Gasteiger partial charge in [-0.3, -0.25) is 4.90 Å². The molecule has 194 valence electrons. The summed E-state index contributed by atoms with van der Waals surface area (Å²) in [5.74, 6) is 0. The fourth-order valence-corrected chi connectivity index (χ4v) is 6.76. The van der Waals surface area contributed by atoms with Gasteiger partial charge in [0.05, 0.1) is 20.7 Å². The molecule has 0 unspecified atom stereocenters. The molecule has 36 heavy (non-hydrogen) atoms. The number of sulfonamides is 1. The summed E-state index contributed by atoms with van der Waals surface area (Å²) in [6.07, 6.45) is -3.77. The highest BCUT2D eigenvalue weighted by molar-refractivity contribution is 7.89. The zero-order chi connectivity index (χ0) is 26.3. The maximum Gasteiger partial charge on any atom is 0.416 e. The summed E-state index contributed by atoms with van der Waals surface area (Å²) >= 11 is 5.71. The summed E-state index contributed by atoms with van der Waals surface area (Å²) < 4.78 is 67.0. The molecule has 0 spiro atoms. The number of nitrogens with one attached hydrogen (secondary N) is 1. The normalized spacial score (nSPS) is 16.0. The number of carbonyl (C=O) groups excluding carboxylic acids is 1. The summed E-state index contributed by atoms with van der Waals surface area (Å²) in [7, 11) is -3.94. The van der Waals surface area contributed by atoms with Gasteiger partial charge in [-0.2, -0.15) is 17.5 Å². The quantitative estimate of drug-likeness (QED) is 0.412. The van der Waals surface area contributed by atoms with Crippen LogP contribution in [-0.2, 0) is 16.2 Å². The van der Waals surface area contributed by atoms with Crippen molar-refractivity contribution in [3.05, 3.63) is 48.0 Å². The van der Waals surface area contributed by atoms with Crippen LogP contribution >= 0.6 is 24.0 Å². The van der Waals surface area contributed by atoms with Crippen molar-refractivity contribution in [1.29, 1.82) is 0 Å². The average molecular weight is 559 g/mol. The highest BCUT2D eigenvalue weighted by Crippen LogP contribution is 2.31. The molecule has 1 N–H and O–H groups in total. The van der Waals surface area contributed by atoms with Crippen molar-refractivity contribution >= 4 is 55.9 Å². The molecule has 1 aliphatic heterocycles. The summed E-state index contributed by atoms with van der Waals surface area (Å²) in [6, 6.07) is 8.38. The van der Waals surface area contributed by atoms with Gasteiger partial charge in [-0.1, -0.05) is 0 Å². The fraction of sp³-hybridized carbons (Fsp3) is 0.391. The van der Waals surface area contributed by atoms with Crippen molar-refractivity contribution in [3.63, 3.8) is 0 Å². The van der Waals surface area contributed by atoms with Gasteiger partial charge in [0.2, 0.25) is 10.0 Å². The van der Waals surface area contributed by atoms with Crippen molar-refractivity contribution in [1.82, 2.24) is 14.6 Å². The molecule has 2 aromatic carbocycles. The van der Waals surface area contributed by atoms with Gasteiger partial charge in [-0.05, 0) is 69.2 Å². The van der Waals surface area contributed by atoms with Crippen molar-refractivity contribution in [2.45, 2.75) is 54.2 Å². The first kappa shape index (κ1) is 26.7. The van der Waals surface area contributed by atoms with E-state index in [2.05, 4.69) is 22.9 Å². The van der Waals surface area contributed by atoms with E-state index in [9.17, 15) is 26.4 Å². The van der Waals surface area contributed by atoms with Crippen molar-refractivity contribution in [3.8, 4) is 0 Å². The smallest absolute Gasteiger partial charge is 0.335 e. The van der Waals surface area contributed by atoms with Crippen LogP contribution in [0.1, 0.15) is 32.3 Å². The summed E-state index contributed by atoms with van der Waals surface area (Å²) in [5, 5.41) is 3.00. The minimum Gasteiger partial charge on any atom is -0.335 e. The Labute approximate surface area is 216 Å². The molecule has 7 nitrogen and oxygen atoms in total. The summed E-state index contributed by atoms with van der Waals surface area (Å²) in [5.41, 5.74) is 0.618. The first-order valence-electron chi connectivity index (χ1n) is 11.2. The van der Waals surface area contributed by atoms with Crippen LogP contribution in [0.3, 0.4) is 0 Å². The van der Waals surface area contributed by atoms with Crippen molar-refractivity contribution < 1.29 is 26.4 Å². The number of piperidine rings is 1. The molecule has 1 saturated heterocycles. The van der Waals surface area contributed by atoms with E-state index in [4.69, 9.17) is 0 Å². The molecule has 0 radical (unpaired) electrons. The van der Waals surface area contributed by atoms with E-state index >= 15 is 0 Å². The Hall–Kier alpha value is -2.35. The van der Waals surface area contributed by atoms with Crippen LogP contribution in [0.5, 0.6) is 0 Å². The number of amides is 2. The Balaban J connectivity index is 1.40. The number of hydrogen-bond donors (Lipinski definition) is 2. The lowest BCUT2D eigenvalue weighted by Crippen LogP contribution is -2.51. The Morgan fingerprint density at radius 1 is 1.17 bits per heavy atom. The second kappa shape index (κ2) is 10.2. The number of thiol groups is 1. The van der Waals surface area contributed by atoms with Gasteiger partial charge < -0.3 is 5.32 Å². The van der Waals surface area contributed by atoms with Gasteiger partial charge in [-0.15, -0.1) is 24.0 Å². The topological polar surface area (TPSA) is 82.6 Å². The number of anilines is 1. The first-order chi connectivity index (χ1) is 16.9. The van der Waals surface area contributed by atoms with Gasteiger partial charge in [0.25, 0.3) is 0 Å². The lowest BCUT2D eigenvalue weighted by molar-refractivity contribution is -0.137. The van der Waals surface area contributed by atoms with E-state index in [0.29, 0.717) is 22.9 Å². The number of rotatable bonds is 5. The third-order valence-electron chi connectivity index (χ3n) is 5.98. The van der Waals surface area contributed by atoms with E-state index < -0.39 is 21.8 Å². The number of alkyl halides is 3. The highest BCUT2D eigenvalue weighted by atomic mass is 32.2. The van der Waals surface area contributed by atoms with E-state index in [1.165, 1.54) is 15.6 Å². The lowest BCUT2D eigenvalue weighted by atomic mass is 10.1. The fourth-order valence-electron chi connectivity index (χ4n) is 4.15. The molecule has 1 fully saturated rings. The van der Waals surface area contributed by atoms with Crippen molar-refractivity contribution in [2.75, 3.05) is 18.0 Å². The van der Waals surface area contributed by atoms with Crippen LogP contribution < -0.4 is 10.2 Å². The minimum absolute atomic E-state index is 0.133. The molecule has 0 bridgehead atoms. The molecule has 2 amide bonds. The van der Waals surface area contributed by atoms with Crippen LogP contribution in [0.15, 0.2) is 51.7 Å². The Bertz CT molecular complexity index is 1350. The zero-order valence-corrected chi connectivity index (χ0v) is 22.0. The predicted molar refractivity (Wildman–Crippen MR) is 136 cm³/mol. The molecule has 4 rings (SSSR count). The number of nitrogens with zero attached hydrogens (tertiary/aromatic N) is 3. The van der Waals surface area contributed by atoms with Gasteiger partial charge in [0.15, 0.2) is 0 Å². The van der Waals surface area contributed by atoms with Crippen LogP contribution in [0.2, 0.25) is 0 Å². The van der Waals surface area contributed by atoms with E-state index in [1.54, 1.807) is 4.90 Å². The Morgan fingerprint density at radius 2 is 1.81 bits per heavy atom. The minimum atomic E-state index is -4.54. The molecule has 13 heteroatoms. The largest absolute Gasteiger partial charge is 0.416 e. The molecule has 0 aliphatic carbocycles. The first-order valence-corrected chi connectivity index (χ1v) is 13.9. The average Bonchev–Trinajstić information content (AvgIpc) is 3.18. The predicted octanol–water partition coefficient (Wildman–Crippen LogP) is 5.38. The van der Waals surface area contributed by atoms with Gasteiger partial charge in [0, 0.05) is 30.9 Å². The third-order valence-corrected chi connectivity index (χ3v) is 9.08. The second-order valence-corrected chi connectivity index (χ2v) is 12.5. The number of fused-ring (bicyclic) bond motifs is 1. The molecule has 0 atom stereocenters. The molecule has 3 aromatic rings. The monoisotopic (exact) mass is 558 g/mol. The number of halogens is 3. The Morgan fingerprint density at radius 3 is 2.39 bits per heavy atom. The highest BCUT2D eigenvalue weighted by Gasteiger charge is 2.33. The Kier molecular flexibility index (Phi) is 7.56. The number of thiazole rings is 1. The van der Waals surface area contributed by atoms with Crippen molar-refractivity contribution in [2.24, 2.45) is 0 Å². The number of benzene rings is 2. The van der Waals surface area contributed by atoms with Gasteiger partial charge in [-0.25, -0.2) is 18.2 Å². The lowest BCUT2D eigenvalue weighted by Gasteiger charge is -2.34. The summed E-state index contributed by atoms with van der Waals surface area (Å²) in [6.45, 7) is 4.10. The number of hydrogen-bond acceptors (Lipinski definition) is 6. The number of carbonyl (C=O) groups is 1. The molecule has 2 heterocycles. The van der Waals surface area contributed by atoms with Crippen LogP contribution in [0, 0.1) is 0 Å². The maximum atomic E-state index is 13.2. The van der Waals surface area contributed by atoms with Crippen LogP contribution in [0.25, 0.3) is 10.2 Å². The van der Waals surface area contributed by atoms with E-state index in [1.807, 2.05) is 32.0 Å². The van der Waals surface area contributed by atoms with E-state index in [0.717, 1.165) is 34.5 Å². The van der Waals surface area contributed by atoms with Crippen LogP contribution in [-0.4, -0.2) is 48.9 Å².